The van der Waals surface area contributed by atoms with Gasteiger partial charge in [-0.25, -0.2) is 13.1 Å². The molecule has 3 amide bonds. The first-order valence-corrected chi connectivity index (χ1v) is 16.3. The van der Waals surface area contributed by atoms with Gasteiger partial charge in [-0.2, -0.15) is 15.6 Å². The molecular formula is C32H31ClN8O5S. The van der Waals surface area contributed by atoms with E-state index in [0.717, 1.165) is 11.2 Å². The Balaban J connectivity index is 0.00000500. The van der Waals surface area contributed by atoms with Crippen molar-refractivity contribution < 1.29 is 22.8 Å². The quantitative estimate of drug-likeness (QED) is 0.283. The second-order valence-electron chi connectivity index (χ2n) is 10.9. The van der Waals surface area contributed by atoms with Crippen LogP contribution in [0.15, 0.2) is 66.7 Å². The highest BCUT2D eigenvalue weighted by atomic mass is 35.5. The number of hydrogen-bond acceptors (Lipinski definition) is 9. The Morgan fingerprint density at radius 2 is 1.72 bits per heavy atom. The third kappa shape index (κ3) is 7.10. The van der Waals surface area contributed by atoms with Crippen molar-refractivity contribution in [1.82, 2.24) is 20.4 Å². The van der Waals surface area contributed by atoms with E-state index in [1.807, 2.05) is 30.3 Å². The predicted molar refractivity (Wildman–Crippen MR) is 178 cm³/mol. The lowest BCUT2D eigenvalue weighted by Gasteiger charge is -2.26. The second kappa shape index (κ2) is 14.0. The Hall–Kier alpha value is -5.28. The maximum atomic E-state index is 14.4. The molecule has 3 aromatic carbocycles. The molecule has 0 fully saturated rings. The molecule has 13 nitrogen and oxygen atoms in total. The number of amides is 3. The number of likely N-dealkylation sites (N-methyl/N-ethyl adjacent to an activating group) is 1. The van der Waals surface area contributed by atoms with Crippen LogP contribution in [0, 0.1) is 22.7 Å². The Kier molecular flexibility index (Phi) is 10.3. The summed E-state index contributed by atoms with van der Waals surface area (Å²) in [6.07, 6.45) is 0.930. The first-order chi connectivity index (χ1) is 21.9. The van der Waals surface area contributed by atoms with E-state index in [1.165, 1.54) is 23.1 Å². The van der Waals surface area contributed by atoms with Crippen LogP contribution < -0.4 is 20.4 Å². The first-order valence-electron chi connectivity index (χ1n) is 14.2. The van der Waals surface area contributed by atoms with Gasteiger partial charge < -0.3 is 20.4 Å². The summed E-state index contributed by atoms with van der Waals surface area (Å²) in [6, 6.07) is 20.9. The molecular weight excluding hydrogens is 644 g/mol. The lowest BCUT2D eigenvalue weighted by molar-refractivity contribution is -0.128. The zero-order valence-electron chi connectivity index (χ0n) is 25.7. The largest absolute Gasteiger partial charge is 0.341 e. The highest BCUT2D eigenvalue weighted by Gasteiger charge is 2.38. The minimum Gasteiger partial charge on any atom is -0.341 e. The number of sulfone groups is 1. The number of carbonyl (C=O) groups excluding carboxylic acids is 3. The third-order valence-electron chi connectivity index (χ3n) is 7.67. The Morgan fingerprint density at radius 3 is 2.40 bits per heavy atom. The average Bonchev–Trinajstić information content (AvgIpc) is 3.36. The predicted octanol–water partition coefficient (Wildman–Crippen LogP) is 2.21. The number of nitrogens with zero attached hydrogens (tertiary/aromatic N) is 6. The molecule has 0 spiro atoms. The van der Waals surface area contributed by atoms with Gasteiger partial charge in [0.15, 0.2) is 9.84 Å². The third-order valence-corrected chi connectivity index (χ3v) is 8.44. The Morgan fingerprint density at radius 1 is 1.02 bits per heavy atom. The van der Waals surface area contributed by atoms with Crippen LogP contribution >= 0.6 is 12.4 Å². The van der Waals surface area contributed by atoms with Crippen LogP contribution in [0.4, 0.5) is 11.4 Å². The number of para-hydroxylation sites is 2. The van der Waals surface area contributed by atoms with Crippen molar-refractivity contribution in [2.24, 2.45) is 0 Å². The van der Waals surface area contributed by atoms with Crippen molar-refractivity contribution in [2.75, 3.05) is 35.4 Å². The summed E-state index contributed by atoms with van der Waals surface area (Å²) in [5.74, 6) is -2.74. The van der Waals surface area contributed by atoms with Crippen molar-refractivity contribution in [3.8, 4) is 17.8 Å². The van der Waals surface area contributed by atoms with Crippen LogP contribution in [0.1, 0.15) is 23.7 Å². The van der Waals surface area contributed by atoms with E-state index in [1.54, 1.807) is 42.9 Å². The average molecular weight is 675 g/mol. The van der Waals surface area contributed by atoms with E-state index in [-0.39, 0.29) is 42.4 Å². The van der Waals surface area contributed by atoms with E-state index in [2.05, 4.69) is 16.7 Å². The SMILES string of the molecule is CNC(C)C(=O)NC1CN(C(=O)CS(C)(=O)=O)c2ccc(C#N)cc2N(Cc2nn(-c3ccccc3C#N)c3ccccc23)C1=O.Cl. The molecule has 4 aromatic rings. The summed E-state index contributed by atoms with van der Waals surface area (Å²) in [7, 11) is -2.18. The molecule has 1 aliphatic heterocycles. The molecule has 0 saturated carbocycles. The van der Waals surface area contributed by atoms with E-state index in [9.17, 15) is 33.3 Å². The van der Waals surface area contributed by atoms with Gasteiger partial charge in [-0.1, -0.05) is 30.3 Å². The second-order valence-corrected chi connectivity index (χ2v) is 13.0. The number of nitriles is 2. The molecule has 2 N–H and O–H groups in total. The van der Waals surface area contributed by atoms with Crippen molar-refractivity contribution in [1.29, 1.82) is 10.5 Å². The van der Waals surface area contributed by atoms with Crippen molar-refractivity contribution >= 4 is 62.2 Å². The first kappa shape index (κ1) is 34.6. The Labute approximate surface area is 277 Å². The van der Waals surface area contributed by atoms with Crippen LogP contribution in [-0.2, 0) is 30.8 Å². The molecule has 1 aromatic heterocycles. The van der Waals surface area contributed by atoms with E-state index >= 15 is 0 Å². The molecule has 5 rings (SSSR count). The number of carbonyl (C=O) groups is 3. The molecule has 0 saturated heterocycles. The summed E-state index contributed by atoms with van der Waals surface area (Å²) in [4.78, 5) is 43.4. The Bertz CT molecular complexity index is 2070. The topological polar surface area (TPSA) is 181 Å². The van der Waals surface area contributed by atoms with Crippen LogP contribution in [0.3, 0.4) is 0 Å². The number of hydrogen-bond donors (Lipinski definition) is 2. The molecule has 2 atom stereocenters. The minimum absolute atomic E-state index is 0. The molecule has 2 unspecified atom stereocenters. The summed E-state index contributed by atoms with van der Waals surface area (Å²) in [5.41, 5.74) is 2.58. The normalized spacial score (nSPS) is 15.1. The van der Waals surface area contributed by atoms with Gasteiger partial charge in [0.05, 0.1) is 64.6 Å². The van der Waals surface area contributed by atoms with Crippen molar-refractivity contribution in [2.45, 2.75) is 25.6 Å². The van der Waals surface area contributed by atoms with E-state index in [0.29, 0.717) is 27.8 Å². The van der Waals surface area contributed by atoms with Crippen LogP contribution in [0.2, 0.25) is 0 Å². The van der Waals surface area contributed by atoms with Crippen molar-refractivity contribution in [3.63, 3.8) is 0 Å². The number of rotatable bonds is 8. The lowest BCUT2D eigenvalue weighted by atomic mass is 10.1. The van der Waals surface area contributed by atoms with Crippen LogP contribution in [0.25, 0.3) is 16.6 Å². The van der Waals surface area contributed by atoms with Gasteiger partial charge in [-0.3, -0.25) is 14.4 Å². The summed E-state index contributed by atoms with van der Waals surface area (Å²) in [6.45, 7) is 1.10. The van der Waals surface area contributed by atoms with Gasteiger partial charge >= 0.3 is 0 Å². The molecule has 0 aliphatic carbocycles. The molecule has 15 heteroatoms. The number of fused-ring (bicyclic) bond motifs is 2. The fraction of sp³-hybridized carbons (Fsp3) is 0.250. The van der Waals surface area contributed by atoms with Crippen molar-refractivity contribution in [3.05, 3.63) is 83.6 Å². The fourth-order valence-corrected chi connectivity index (χ4v) is 5.88. The maximum absolute atomic E-state index is 14.4. The van der Waals surface area contributed by atoms with Gasteiger partial charge in [-0.15, -0.1) is 12.4 Å². The number of nitrogens with one attached hydrogen (secondary N) is 2. The van der Waals surface area contributed by atoms with Gasteiger partial charge in [0.2, 0.25) is 11.8 Å². The lowest BCUT2D eigenvalue weighted by Crippen LogP contribution is -2.56. The number of anilines is 2. The van der Waals surface area contributed by atoms with Gasteiger partial charge in [0.25, 0.3) is 5.91 Å². The smallest absolute Gasteiger partial charge is 0.251 e. The molecule has 242 valence electrons. The number of halogens is 1. The molecule has 1 aliphatic rings. The maximum Gasteiger partial charge on any atom is 0.251 e. The van der Waals surface area contributed by atoms with E-state index in [4.69, 9.17) is 5.10 Å². The van der Waals surface area contributed by atoms with Gasteiger partial charge in [-0.05, 0) is 50.4 Å². The monoisotopic (exact) mass is 674 g/mol. The standard InChI is InChI=1S/C32H30N8O5S.ClH/c1-20(35-2)31(42)36-25-18-38(30(41)19-46(3,44)45)28-13-12-21(15-33)14-29(28)39(32(25)43)17-24-23-9-5-7-11-27(23)40(37-24)26-10-6-4-8-22(26)16-34;/h4-14,20,25,35H,17-19H2,1-3H3,(H,36,42);1H. The zero-order chi connectivity index (χ0) is 33.2. The highest BCUT2D eigenvalue weighted by molar-refractivity contribution is 7.91. The molecule has 0 bridgehead atoms. The fourth-order valence-electron chi connectivity index (χ4n) is 5.27. The highest BCUT2D eigenvalue weighted by Crippen LogP contribution is 2.36. The van der Waals surface area contributed by atoms with Gasteiger partial charge in [0, 0.05) is 11.6 Å². The summed E-state index contributed by atoms with van der Waals surface area (Å²) in [5, 5.41) is 30.5. The van der Waals surface area contributed by atoms with Crippen LogP contribution in [-0.4, -0.2) is 73.6 Å². The number of aromatic nitrogens is 2. The zero-order valence-corrected chi connectivity index (χ0v) is 27.3. The van der Waals surface area contributed by atoms with Gasteiger partial charge in [0.1, 0.15) is 17.9 Å². The minimum atomic E-state index is -3.76. The molecule has 0 radical (unpaired) electrons. The molecule has 2 heterocycles. The summed E-state index contributed by atoms with van der Waals surface area (Å²) >= 11 is 0. The summed E-state index contributed by atoms with van der Waals surface area (Å²) < 4.78 is 25.9. The van der Waals surface area contributed by atoms with E-state index < -0.39 is 45.4 Å². The van der Waals surface area contributed by atoms with Crippen LogP contribution in [0.5, 0.6) is 0 Å². The molecule has 47 heavy (non-hydrogen) atoms. The number of benzene rings is 3.